The number of anilines is 1. The van der Waals surface area contributed by atoms with Crippen LogP contribution in [0.3, 0.4) is 0 Å². The Labute approximate surface area is 167 Å². The van der Waals surface area contributed by atoms with Crippen molar-refractivity contribution in [2.75, 3.05) is 44.2 Å². The van der Waals surface area contributed by atoms with E-state index in [0.29, 0.717) is 5.69 Å². The molecule has 0 spiro atoms. The molecule has 0 unspecified atom stereocenters. The van der Waals surface area contributed by atoms with Gasteiger partial charge in [-0.15, -0.1) is 0 Å². The van der Waals surface area contributed by atoms with Gasteiger partial charge in [-0.05, 0) is 18.4 Å². The zero-order valence-electron chi connectivity index (χ0n) is 16.5. The molecule has 28 heavy (non-hydrogen) atoms. The summed E-state index contributed by atoms with van der Waals surface area (Å²) in [6.45, 7) is 6.26. The highest BCUT2D eigenvalue weighted by Gasteiger charge is 2.23. The summed E-state index contributed by atoms with van der Waals surface area (Å²) >= 11 is 0. The third-order valence-corrected chi connectivity index (χ3v) is 5.70. The van der Waals surface area contributed by atoms with Crippen LogP contribution in [-0.2, 0) is 6.54 Å². The largest absolute Gasteiger partial charge is 0.355 e. The van der Waals surface area contributed by atoms with E-state index in [2.05, 4.69) is 44.0 Å². The van der Waals surface area contributed by atoms with Crippen molar-refractivity contribution in [3.05, 3.63) is 54.0 Å². The number of rotatable bonds is 4. The lowest BCUT2D eigenvalue weighted by molar-refractivity contribution is 0.0622. The van der Waals surface area contributed by atoms with E-state index in [0.717, 1.165) is 51.6 Å². The highest BCUT2D eigenvalue weighted by molar-refractivity contribution is 5.92. The molecule has 2 aromatic rings. The second kappa shape index (κ2) is 9.15. The predicted octanol–water partition coefficient (Wildman–Crippen LogP) is 2.82. The zero-order chi connectivity index (χ0) is 19.2. The summed E-state index contributed by atoms with van der Waals surface area (Å²) in [5.74, 6) is 0.889. The van der Waals surface area contributed by atoms with Crippen LogP contribution in [0.4, 0.5) is 5.82 Å². The number of hydrogen-bond acceptors (Lipinski definition) is 5. The highest BCUT2D eigenvalue weighted by atomic mass is 16.2. The molecular weight excluding hydrogens is 350 g/mol. The Morgan fingerprint density at radius 1 is 0.821 bits per heavy atom. The number of amides is 1. The zero-order valence-corrected chi connectivity index (χ0v) is 16.5. The van der Waals surface area contributed by atoms with E-state index in [1.807, 2.05) is 11.0 Å². The normalized spacial score (nSPS) is 18.7. The second-order valence-electron chi connectivity index (χ2n) is 7.72. The molecule has 1 amide bonds. The van der Waals surface area contributed by atoms with E-state index < -0.39 is 0 Å². The Morgan fingerprint density at radius 2 is 1.54 bits per heavy atom. The minimum atomic E-state index is -0.00530. The molecule has 1 aromatic heterocycles. The van der Waals surface area contributed by atoms with Crippen LogP contribution in [0.15, 0.2) is 42.7 Å². The third-order valence-electron chi connectivity index (χ3n) is 5.70. The number of piperazine rings is 1. The first-order valence-corrected chi connectivity index (χ1v) is 10.4. The minimum absolute atomic E-state index is 0.00530. The molecule has 2 fully saturated rings. The lowest BCUT2D eigenvalue weighted by Gasteiger charge is -2.34. The lowest BCUT2D eigenvalue weighted by Crippen LogP contribution is -2.48. The highest BCUT2D eigenvalue weighted by Crippen LogP contribution is 2.17. The molecule has 1 aromatic carbocycles. The fourth-order valence-corrected chi connectivity index (χ4v) is 4.01. The van der Waals surface area contributed by atoms with Gasteiger partial charge in [-0.1, -0.05) is 43.2 Å². The Hall–Kier alpha value is -2.47. The topological polar surface area (TPSA) is 52.6 Å². The molecule has 0 radical (unpaired) electrons. The summed E-state index contributed by atoms with van der Waals surface area (Å²) in [6, 6.07) is 10.5. The smallest absolute Gasteiger partial charge is 0.274 e. The van der Waals surface area contributed by atoms with Gasteiger partial charge in [-0.25, -0.2) is 9.97 Å². The van der Waals surface area contributed by atoms with Crippen LogP contribution in [-0.4, -0.2) is 64.9 Å². The van der Waals surface area contributed by atoms with Crippen molar-refractivity contribution in [3.63, 3.8) is 0 Å². The Kier molecular flexibility index (Phi) is 6.17. The van der Waals surface area contributed by atoms with Gasteiger partial charge in [0, 0.05) is 45.8 Å². The van der Waals surface area contributed by atoms with Gasteiger partial charge in [-0.2, -0.15) is 0 Å². The number of nitrogens with zero attached hydrogens (tertiary/aromatic N) is 5. The summed E-state index contributed by atoms with van der Waals surface area (Å²) in [7, 11) is 0. The van der Waals surface area contributed by atoms with Crippen molar-refractivity contribution in [2.24, 2.45) is 0 Å². The standard InChI is InChI=1S/C22H29N5O/c28-22(20-16-24-21(17-23-20)26-10-6-1-2-7-11-26)27-14-12-25(13-15-27)18-19-8-4-3-5-9-19/h3-5,8-9,16-17H,1-2,6-7,10-15,18H2. The maximum absolute atomic E-state index is 12.8. The molecule has 0 bridgehead atoms. The van der Waals surface area contributed by atoms with E-state index in [4.69, 9.17) is 0 Å². The van der Waals surface area contributed by atoms with Gasteiger partial charge in [0.2, 0.25) is 0 Å². The molecule has 2 aliphatic rings. The first-order chi connectivity index (χ1) is 13.8. The van der Waals surface area contributed by atoms with Crippen LogP contribution in [0.5, 0.6) is 0 Å². The molecule has 2 aliphatic heterocycles. The van der Waals surface area contributed by atoms with E-state index >= 15 is 0 Å². The van der Waals surface area contributed by atoms with Crippen LogP contribution in [0.2, 0.25) is 0 Å². The van der Waals surface area contributed by atoms with Crippen LogP contribution in [0.1, 0.15) is 41.7 Å². The maximum Gasteiger partial charge on any atom is 0.274 e. The molecule has 0 saturated carbocycles. The molecule has 148 valence electrons. The molecule has 2 saturated heterocycles. The number of carbonyl (C=O) groups is 1. The fourth-order valence-electron chi connectivity index (χ4n) is 4.01. The first kappa shape index (κ1) is 18.9. The third kappa shape index (κ3) is 4.68. The van der Waals surface area contributed by atoms with Gasteiger partial charge in [0.15, 0.2) is 0 Å². The molecular formula is C22H29N5O. The van der Waals surface area contributed by atoms with E-state index in [-0.39, 0.29) is 5.91 Å². The number of benzene rings is 1. The van der Waals surface area contributed by atoms with Crippen molar-refractivity contribution in [2.45, 2.75) is 32.2 Å². The summed E-state index contributed by atoms with van der Waals surface area (Å²) in [6.07, 6.45) is 8.40. The van der Waals surface area contributed by atoms with Gasteiger partial charge in [0.05, 0.1) is 12.4 Å². The Bertz CT molecular complexity index is 748. The van der Waals surface area contributed by atoms with Crippen LogP contribution in [0, 0.1) is 0 Å². The quantitative estimate of drug-likeness (QED) is 0.818. The SMILES string of the molecule is O=C(c1cnc(N2CCCCCC2)cn1)N1CCN(Cc2ccccc2)CC1. The number of carbonyl (C=O) groups excluding carboxylic acids is 1. The first-order valence-electron chi connectivity index (χ1n) is 10.4. The van der Waals surface area contributed by atoms with Crippen molar-refractivity contribution in [3.8, 4) is 0 Å². The Morgan fingerprint density at radius 3 is 2.18 bits per heavy atom. The van der Waals surface area contributed by atoms with Gasteiger partial charge in [-0.3, -0.25) is 9.69 Å². The molecule has 3 heterocycles. The molecule has 0 atom stereocenters. The molecule has 0 aliphatic carbocycles. The van der Waals surface area contributed by atoms with Gasteiger partial charge in [0.25, 0.3) is 5.91 Å². The minimum Gasteiger partial charge on any atom is -0.355 e. The van der Waals surface area contributed by atoms with Crippen molar-refractivity contribution in [1.29, 1.82) is 0 Å². The number of aromatic nitrogens is 2. The van der Waals surface area contributed by atoms with Crippen LogP contribution >= 0.6 is 0 Å². The van der Waals surface area contributed by atoms with E-state index in [1.165, 1.54) is 31.2 Å². The lowest BCUT2D eigenvalue weighted by atomic mass is 10.2. The van der Waals surface area contributed by atoms with Crippen molar-refractivity contribution in [1.82, 2.24) is 19.8 Å². The van der Waals surface area contributed by atoms with Gasteiger partial charge in [0.1, 0.15) is 11.5 Å². The summed E-state index contributed by atoms with van der Waals surface area (Å²) in [5, 5.41) is 0. The molecule has 4 rings (SSSR count). The fraction of sp³-hybridized carbons (Fsp3) is 0.500. The average Bonchev–Trinajstić information content (AvgIpc) is 3.04. The van der Waals surface area contributed by atoms with Crippen LogP contribution < -0.4 is 4.90 Å². The van der Waals surface area contributed by atoms with Crippen molar-refractivity contribution >= 4 is 11.7 Å². The average molecular weight is 380 g/mol. The predicted molar refractivity (Wildman–Crippen MR) is 110 cm³/mol. The summed E-state index contributed by atoms with van der Waals surface area (Å²) in [4.78, 5) is 28.4. The van der Waals surface area contributed by atoms with E-state index in [1.54, 1.807) is 12.4 Å². The van der Waals surface area contributed by atoms with E-state index in [9.17, 15) is 4.79 Å². The van der Waals surface area contributed by atoms with Gasteiger partial charge < -0.3 is 9.80 Å². The number of hydrogen-bond donors (Lipinski definition) is 0. The Balaban J connectivity index is 1.31. The second-order valence-corrected chi connectivity index (χ2v) is 7.72. The molecule has 6 nitrogen and oxygen atoms in total. The van der Waals surface area contributed by atoms with Crippen molar-refractivity contribution < 1.29 is 4.79 Å². The summed E-state index contributed by atoms with van der Waals surface area (Å²) < 4.78 is 0. The molecule has 0 N–H and O–H groups in total. The van der Waals surface area contributed by atoms with Gasteiger partial charge >= 0.3 is 0 Å². The molecule has 6 heteroatoms. The maximum atomic E-state index is 12.8. The summed E-state index contributed by atoms with van der Waals surface area (Å²) in [5.41, 5.74) is 1.77. The monoisotopic (exact) mass is 379 g/mol. The van der Waals surface area contributed by atoms with Crippen LogP contribution in [0.25, 0.3) is 0 Å².